The van der Waals surface area contributed by atoms with E-state index in [-0.39, 0.29) is 35.2 Å². The van der Waals surface area contributed by atoms with Gasteiger partial charge in [-0.2, -0.15) is 0 Å². The third-order valence-electron chi connectivity index (χ3n) is 7.21. The highest BCUT2D eigenvalue weighted by Crippen LogP contribution is 2.38. The molecule has 5 rings (SSSR count). The standard InChI is InChI=1S/C31H28NO6P/c33-28-17-18-29(34)32(28)20-21-11-13-22(14-12-21)31(37)38-26-16-15-23(30(35)36)19-27(26)39(24-7-3-1-4-8-24)25-9-5-2-6-10-25/h1-10,15-19,21-22H,11-14,20H2,(H,35,36). The van der Waals surface area contributed by atoms with E-state index in [1.807, 2.05) is 60.7 Å². The molecule has 1 heterocycles. The van der Waals surface area contributed by atoms with Gasteiger partial charge < -0.3 is 9.84 Å². The quantitative estimate of drug-likeness (QED) is 0.202. The van der Waals surface area contributed by atoms with Gasteiger partial charge in [0.25, 0.3) is 11.8 Å². The van der Waals surface area contributed by atoms with Gasteiger partial charge in [0.1, 0.15) is 5.75 Å². The highest BCUT2D eigenvalue weighted by Gasteiger charge is 2.33. The topological polar surface area (TPSA) is 101 Å². The van der Waals surface area contributed by atoms with E-state index < -0.39 is 13.9 Å². The molecule has 1 N–H and O–H groups in total. The Labute approximate surface area is 227 Å². The molecule has 0 spiro atoms. The number of hydrogen-bond donors (Lipinski definition) is 1. The number of carboxylic acids is 1. The number of aromatic carboxylic acids is 1. The van der Waals surface area contributed by atoms with Crippen molar-refractivity contribution in [1.29, 1.82) is 0 Å². The Morgan fingerprint density at radius 1 is 0.821 bits per heavy atom. The zero-order valence-corrected chi connectivity index (χ0v) is 22.1. The smallest absolute Gasteiger partial charge is 0.335 e. The van der Waals surface area contributed by atoms with Crippen LogP contribution >= 0.6 is 7.92 Å². The lowest BCUT2D eigenvalue weighted by atomic mass is 9.82. The van der Waals surface area contributed by atoms with Crippen molar-refractivity contribution in [2.75, 3.05) is 6.54 Å². The predicted octanol–water partition coefficient (Wildman–Crippen LogP) is 3.78. The van der Waals surface area contributed by atoms with Crippen molar-refractivity contribution in [1.82, 2.24) is 4.90 Å². The van der Waals surface area contributed by atoms with Crippen molar-refractivity contribution in [3.05, 3.63) is 96.6 Å². The summed E-state index contributed by atoms with van der Waals surface area (Å²) in [6, 6.07) is 24.3. The van der Waals surface area contributed by atoms with Gasteiger partial charge in [0, 0.05) is 24.0 Å². The third-order valence-corrected chi connectivity index (χ3v) is 9.67. The fourth-order valence-electron chi connectivity index (χ4n) is 5.13. The lowest BCUT2D eigenvalue weighted by Crippen LogP contribution is -2.37. The molecular weight excluding hydrogens is 513 g/mol. The van der Waals surface area contributed by atoms with Crippen LogP contribution in [-0.4, -0.2) is 40.3 Å². The summed E-state index contributed by atoms with van der Waals surface area (Å²) in [4.78, 5) is 50.3. The molecule has 39 heavy (non-hydrogen) atoms. The Bertz CT molecular complexity index is 1360. The molecule has 2 aliphatic rings. The van der Waals surface area contributed by atoms with Gasteiger partial charge in [0.15, 0.2) is 0 Å². The van der Waals surface area contributed by atoms with Gasteiger partial charge in [-0.05, 0) is 68.3 Å². The first kappa shape index (κ1) is 26.5. The van der Waals surface area contributed by atoms with E-state index >= 15 is 0 Å². The second-order valence-electron chi connectivity index (χ2n) is 9.75. The number of nitrogens with zero attached hydrogens (tertiary/aromatic N) is 1. The fourth-order valence-corrected chi connectivity index (χ4v) is 7.54. The molecule has 0 bridgehead atoms. The zero-order chi connectivity index (χ0) is 27.4. The van der Waals surface area contributed by atoms with Crippen LogP contribution in [0.2, 0.25) is 0 Å². The Hall–Kier alpha value is -4.09. The summed E-state index contributed by atoms with van der Waals surface area (Å²) in [5, 5.41) is 12.4. The molecule has 0 saturated heterocycles. The number of ether oxygens (including phenoxy) is 1. The maximum absolute atomic E-state index is 13.3. The van der Waals surface area contributed by atoms with Gasteiger partial charge in [0.05, 0.1) is 11.5 Å². The second-order valence-corrected chi connectivity index (χ2v) is 11.9. The molecular formula is C31H28NO6P. The van der Waals surface area contributed by atoms with E-state index in [0.29, 0.717) is 43.3 Å². The van der Waals surface area contributed by atoms with E-state index in [9.17, 15) is 24.3 Å². The Morgan fingerprint density at radius 2 is 1.38 bits per heavy atom. The minimum absolute atomic E-state index is 0.130. The molecule has 0 unspecified atom stereocenters. The molecule has 2 amide bonds. The summed E-state index contributed by atoms with van der Waals surface area (Å²) < 4.78 is 6.00. The molecule has 1 aliphatic carbocycles. The van der Waals surface area contributed by atoms with Crippen LogP contribution in [-0.2, 0) is 14.4 Å². The molecule has 8 heteroatoms. The van der Waals surface area contributed by atoms with Crippen molar-refractivity contribution < 1.29 is 29.0 Å². The maximum atomic E-state index is 13.3. The minimum Gasteiger partial charge on any atom is -0.478 e. The van der Waals surface area contributed by atoms with Crippen LogP contribution in [0.15, 0.2) is 91.0 Å². The molecule has 1 fully saturated rings. The molecule has 0 aromatic heterocycles. The molecule has 0 radical (unpaired) electrons. The average Bonchev–Trinajstić information content (AvgIpc) is 3.27. The van der Waals surface area contributed by atoms with E-state index in [4.69, 9.17) is 4.74 Å². The number of imide groups is 1. The van der Waals surface area contributed by atoms with Gasteiger partial charge in [-0.1, -0.05) is 60.7 Å². The summed E-state index contributed by atoms with van der Waals surface area (Å²) >= 11 is 0. The van der Waals surface area contributed by atoms with Gasteiger partial charge in [0.2, 0.25) is 0 Å². The van der Waals surface area contributed by atoms with Crippen LogP contribution in [0.25, 0.3) is 0 Å². The SMILES string of the molecule is O=C(O)c1ccc(OC(=O)C2CCC(CN3C(=O)C=CC3=O)CC2)c(P(c2ccccc2)c2ccccc2)c1. The van der Waals surface area contributed by atoms with Gasteiger partial charge >= 0.3 is 11.9 Å². The lowest BCUT2D eigenvalue weighted by Gasteiger charge is -2.30. The largest absolute Gasteiger partial charge is 0.478 e. The number of carbonyl (C=O) groups excluding carboxylic acids is 3. The van der Waals surface area contributed by atoms with Crippen LogP contribution in [0.5, 0.6) is 5.75 Å². The number of hydrogen-bond acceptors (Lipinski definition) is 5. The number of carbonyl (C=O) groups is 4. The van der Waals surface area contributed by atoms with Crippen LogP contribution in [0.1, 0.15) is 36.0 Å². The first-order valence-electron chi connectivity index (χ1n) is 12.9. The number of esters is 1. The van der Waals surface area contributed by atoms with Crippen LogP contribution in [0.4, 0.5) is 0 Å². The molecule has 1 saturated carbocycles. The lowest BCUT2D eigenvalue weighted by molar-refractivity contribution is -0.142. The van der Waals surface area contributed by atoms with E-state index in [0.717, 1.165) is 10.6 Å². The monoisotopic (exact) mass is 541 g/mol. The minimum atomic E-state index is -1.20. The van der Waals surface area contributed by atoms with Crippen LogP contribution < -0.4 is 20.7 Å². The van der Waals surface area contributed by atoms with E-state index in [1.165, 1.54) is 23.1 Å². The third kappa shape index (κ3) is 5.99. The molecule has 198 valence electrons. The van der Waals surface area contributed by atoms with Crippen LogP contribution in [0.3, 0.4) is 0 Å². The van der Waals surface area contributed by atoms with Gasteiger partial charge in [-0.3, -0.25) is 19.3 Å². The predicted molar refractivity (Wildman–Crippen MR) is 149 cm³/mol. The van der Waals surface area contributed by atoms with Crippen molar-refractivity contribution in [2.24, 2.45) is 11.8 Å². The molecule has 1 aliphatic heterocycles. The number of carboxylic acid groups (broad SMARTS) is 1. The molecule has 0 atom stereocenters. The summed E-state index contributed by atoms with van der Waals surface area (Å²) in [5.74, 6) is -1.76. The first-order chi connectivity index (χ1) is 18.9. The molecule has 3 aromatic rings. The van der Waals surface area contributed by atoms with Crippen molar-refractivity contribution >= 4 is 47.6 Å². The summed E-state index contributed by atoms with van der Waals surface area (Å²) in [6.07, 6.45) is 5.20. The molecule has 7 nitrogen and oxygen atoms in total. The molecule has 3 aromatic carbocycles. The van der Waals surface area contributed by atoms with E-state index in [2.05, 4.69) is 0 Å². The van der Waals surface area contributed by atoms with E-state index in [1.54, 1.807) is 12.1 Å². The van der Waals surface area contributed by atoms with Crippen molar-refractivity contribution in [3.63, 3.8) is 0 Å². The normalized spacial score (nSPS) is 18.9. The van der Waals surface area contributed by atoms with Gasteiger partial charge in [-0.15, -0.1) is 0 Å². The maximum Gasteiger partial charge on any atom is 0.335 e. The Kier molecular flexibility index (Phi) is 7.99. The number of benzene rings is 3. The number of rotatable bonds is 8. The van der Waals surface area contributed by atoms with Crippen LogP contribution in [0, 0.1) is 11.8 Å². The number of amides is 2. The zero-order valence-electron chi connectivity index (χ0n) is 21.2. The summed E-state index contributed by atoms with van der Waals surface area (Å²) in [6.45, 7) is 0.367. The highest BCUT2D eigenvalue weighted by atomic mass is 31.1. The Balaban J connectivity index is 1.37. The van der Waals surface area contributed by atoms with Crippen molar-refractivity contribution in [2.45, 2.75) is 25.7 Å². The second kappa shape index (κ2) is 11.7. The van der Waals surface area contributed by atoms with Crippen molar-refractivity contribution in [3.8, 4) is 5.75 Å². The average molecular weight is 542 g/mol. The highest BCUT2D eigenvalue weighted by molar-refractivity contribution is 7.80. The summed E-state index contributed by atoms with van der Waals surface area (Å²) in [5.41, 5.74) is 0.130. The summed E-state index contributed by atoms with van der Waals surface area (Å²) in [7, 11) is -1.20. The fraction of sp³-hybridized carbons (Fsp3) is 0.226. The Morgan fingerprint density at radius 3 is 1.92 bits per heavy atom. The van der Waals surface area contributed by atoms with Gasteiger partial charge in [-0.25, -0.2) is 4.79 Å². The first-order valence-corrected chi connectivity index (χ1v) is 14.3.